The fourth-order valence-corrected chi connectivity index (χ4v) is 5.66. The van der Waals surface area contributed by atoms with E-state index in [-0.39, 0.29) is 16.6 Å². The van der Waals surface area contributed by atoms with E-state index in [1.54, 1.807) is 24.3 Å². The molecule has 1 heterocycles. The van der Waals surface area contributed by atoms with Crippen LogP contribution >= 0.6 is 11.3 Å². The third-order valence-electron chi connectivity index (χ3n) is 4.91. The molecule has 0 unspecified atom stereocenters. The number of anilines is 2. The molecule has 6 nitrogen and oxygen atoms in total. The molecule has 0 saturated carbocycles. The van der Waals surface area contributed by atoms with Gasteiger partial charge in [0.25, 0.3) is 10.0 Å². The van der Waals surface area contributed by atoms with E-state index in [0.717, 1.165) is 20.1 Å². The molecular formula is C23H21N3O3S2. The number of nitrogens with zero attached hydrogens (tertiary/aromatic N) is 2. The molecule has 4 aromatic rings. The van der Waals surface area contributed by atoms with Crippen LogP contribution in [0.5, 0.6) is 0 Å². The SMILES string of the molecule is Cc1ccc(NC(=O)CN(c2nc3ccccc3s2)S(=O)(=O)c2ccccc2)cc1C. The maximum absolute atomic E-state index is 13.4. The van der Waals surface area contributed by atoms with Gasteiger partial charge in [-0.3, -0.25) is 4.79 Å². The van der Waals surface area contributed by atoms with Gasteiger partial charge in [-0.15, -0.1) is 0 Å². The van der Waals surface area contributed by atoms with Crippen LogP contribution in [0.4, 0.5) is 10.8 Å². The van der Waals surface area contributed by atoms with Gasteiger partial charge in [0.05, 0.1) is 15.1 Å². The van der Waals surface area contributed by atoms with Crippen molar-refractivity contribution in [2.24, 2.45) is 0 Å². The van der Waals surface area contributed by atoms with Crippen LogP contribution in [0.3, 0.4) is 0 Å². The second kappa shape index (κ2) is 8.49. The Labute approximate surface area is 185 Å². The van der Waals surface area contributed by atoms with E-state index >= 15 is 0 Å². The fraction of sp³-hybridized carbons (Fsp3) is 0.130. The van der Waals surface area contributed by atoms with Crippen molar-refractivity contribution in [3.05, 3.63) is 83.9 Å². The number of benzene rings is 3. The highest BCUT2D eigenvalue weighted by Crippen LogP contribution is 2.32. The number of hydrogen-bond donors (Lipinski definition) is 1. The molecule has 0 aliphatic rings. The highest BCUT2D eigenvalue weighted by Gasteiger charge is 2.29. The van der Waals surface area contributed by atoms with Crippen molar-refractivity contribution in [3.63, 3.8) is 0 Å². The molecule has 1 N–H and O–H groups in total. The quantitative estimate of drug-likeness (QED) is 0.459. The summed E-state index contributed by atoms with van der Waals surface area (Å²) in [7, 11) is -3.98. The van der Waals surface area contributed by atoms with Gasteiger partial charge < -0.3 is 5.32 Å². The standard InChI is InChI=1S/C23H21N3O3S2/c1-16-12-13-18(14-17(16)2)24-22(27)15-26(31(28,29)19-8-4-3-5-9-19)23-25-20-10-6-7-11-21(20)30-23/h3-14H,15H2,1-2H3,(H,24,27). The first-order valence-electron chi connectivity index (χ1n) is 9.65. The number of para-hydroxylation sites is 1. The van der Waals surface area contributed by atoms with Gasteiger partial charge in [-0.1, -0.05) is 47.7 Å². The van der Waals surface area contributed by atoms with E-state index in [2.05, 4.69) is 10.3 Å². The molecule has 0 aliphatic heterocycles. The molecule has 1 amide bonds. The highest BCUT2D eigenvalue weighted by molar-refractivity contribution is 7.93. The number of thiazole rings is 1. The molecule has 0 aliphatic carbocycles. The molecule has 0 spiro atoms. The van der Waals surface area contributed by atoms with E-state index in [1.165, 1.54) is 23.5 Å². The number of sulfonamides is 1. The average Bonchev–Trinajstić information content (AvgIpc) is 3.19. The van der Waals surface area contributed by atoms with Crippen molar-refractivity contribution in [1.29, 1.82) is 0 Å². The third kappa shape index (κ3) is 4.45. The number of nitrogens with one attached hydrogen (secondary N) is 1. The number of carbonyl (C=O) groups is 1. The molecule has 0 bridgehead atoms. The summed E-state index contributed by atoms with van der Waals surface area (Å²) >= 11 is 1.24. The molecule has 0 radical (unpaired) electrons. The Morgan fingerprint density at radius 3 is 2.39 bits per heavy atom. The lowest BCUT2D eigenvalue weighted by atomic mass is 10.1. The van der Waals surface area contributed by atoms with E-state index in [4.69, 9.17) is 0 Å². The Bertz CT molecular complexity index is 1320. The molecule has 8 heteroatoms. The Morgan fingerprint density at radius 1 is 0.968 bits per heavy atom. The van der Waals surface area contributed by atoms with Gasteiger partial charge in [-0.2, -0.15) is 0 Å². The van der Waals surface area contributed by atoms with E-state index in [0.29, 0.717) is 11.2 Å². The highest BCUT2D eigenvalue weighted by atomic mass is 32.2. The largest absolute Gasteiger partial charge is 0.325 e. The molecular weight excluding hydrogens is 430 g/mol. The summed E-state index contributed by atoms with van der Waals surface area (Å²) in [5, 5.41) is 3.05. The van der Waals surface area contributed by atoms with Crippen LogP contribution in [0.1, 0.15) is 11.1 Å². The number of rotatable bonds is 6. The van der Waals surface area contributed by atoms with Crippen molar-refractivity contribution in [2.45, 2.75) is 18.7 Å². The first kappa shape index (κ1) is 21.0. The second-order valence-electron chi connectivity index (χ2n) is 7.14. The minimum atomic E-state index is -3.98. The Kier molecular flexibility index (Phi) is 5.75. The zero-order valence-corrected chi connectivity index (χ0v) is 18.7. The van der Waals surface area contributed by atoms with Crippen LogP contribution in [0.2, 0.25) is 0 Å². The monoisotopic (exact) mass is 451 g/mol. The summed E-state index contributed by atoms with van der Waals surface area (Å²) in [6.45, 7) is 3.56. The molecule has 1 aromatic heterocycles. The molecule has 3 aromatic carbocycles. The predicted molar refractivity (Wildman–Crippen MR) is 125 cm³/mol. The molecule has 158 valence electrons. The summed E-state index contributed by atoms with van der Waals surface area (Å²) in [5.74, 6) is -0.443. The van der Waals surface area contributed by atoms with Crippen molar-refractivity contribution in [1.82, 2.24) is 4.98 Å². The van der Waals surface area contributed by atoms with Crippen molar-refractivity contribution in [2.75, 3.05) is 16.2 Å². The first-order chi connectivity index (χ1) is 14.8. The topological polar surface area (TPSA) is 79.4 Å². The van der Waals surface area contributed by atoms with E-state index in [1.807, 2.05) is 50.2 Å². The van der Waals surface area contributed by atoms with Crippen LogP contribution in [0.25, 0.3) is 10.2 Å². The smallest absolute Gasteiger partial charge is 0.266 e. The second-order valence-corrected chi connectivity index (χ2v) is 10.0. The summed E-state index contributed by atoms with van der Waals surface area (Å²) in [5.41, 5.74) is 3.46. The summed E-state index contributed by atoms with van der Waals surface area (Å²) in [6.07, 6.45) is 0. The van der Waals surface area contributed by atoms with Gasteiger partial charge in [-0.05, 0) is 61.4 Å². The van der Waals surface area contributed by atoms with Crippen LogP contribution in [-0.4, -0.2) is 25.9 Å². The number of carbonyl (C=O) groups excluding carboxylic acids is 1. The van der Waals surface area contributed by atoms with Crippen molar-refractivity contribution >= 4 is 48.3 Å². The predicted octanol–water partition coefficient (Wildman–Crippen LogP) is 4.75. The first-order valence-corrected chi connectivity index (χ1v) is 11.9. The number of hydrogen-bond acceptors (Lipinski definition) is 5. The van der Waals surface area contributed by atoms with Crippen LogP contribution < -0.4 is 9.62 Å². The van der Waals surface area contributed by atoms with E-state index < -0.39 is 15.9 Å². The van der Waals surface area contributed by atoms with Crippen LogP contribution in [0, 0.1) is 13.8 Å². The van der Waals surface area contributed by atoms with Gasteiger partial charge in [0.15, 0.2) is 0 Å². The maximum Gasteiger partial charge on any atom is 0.266 e. The van der Waals surface area contributed by atoms with Gasteiger partial charge in [0, 0.05) is 5.69 Å². The van der Waals surface area contributed by atoms with Gasteiger partial charge >= 0.3 is 0 Å². The average molecular weight is 452 g/mol. The number of amides is 1. The Morgan fingerprint density at radius 2 is 1.68 bits per heavy atom. The normalized spacial score (nSPS) is 11.4. The molecule has 31 heavy (non-hydrogen) atoms. The van der Waals surface area contributed by atoms with Gasteiger partial charge in [0.1, 0.15) is 6.54 Å². The summed E-state index contributed by atoms with van der Waals surface area (Å²) in [4.78, 5) is 17.4. The molecule has 0 fully saturated rings. The van der Waals surface area contributed by atoms with Gasteiger partial charge in [-0.25, -0.2) is 17.7 Å². The molecule has 0 saturated heterocycles. The summed E-state index contributed by atoms with van der Waals surface area (Å²) in [6, 6.07) is 21.0. The lowest BCUT2D eigenvalue weighted by Gasteiger charge is -2.21. The maximum atomic E-state index is 13.4. The zero-order chi connectivity index (χ0) is 22.0. The molecule has 4 rings (SSSR count). The number of fused-ring (bicyclic) bond motifs is 1. The van der Waals surface area contributed by atoms with Crippen LogP contribution in [0.15, 0.2) is 77.7 Å². The minimum absolute atomic E-state index is 0.105. The van der Waals surface area contributed by atoms with Crippen molar-refractivity contribution < 1.29 is 13.2 Å². The zero-order valence-electron chi connectivity index (χ0n) is 17.1. The fourth-order valence-electron chi connectivity index (χ4n) is 3.09. The lowest BCUT2D eigenvalue weighted by molar-refractivity contribution is -0.114. The number of aromatic nitrogens is 1. The Hall–Kier alpha value is -3.23. The minimum Gasteiger partial charge on any atom is -0.325 e. The lowest BCUT2D eigenvalue weighted by Crippen LogP contribution is -2.38. The Balaban J connectivity index is 1.69. The van der Waals surface area contributed by atoms with Gasteiger partial charge in [0.2, 0.25) is 11.0 Å². The van der Waals surface area contributed by atoms with Crippen LogP contribution in [-0.2, 0) is 14.8 Å². The number of aryl methyl sites for hydroxylation is 2. The van der Waals surface area contributed by atoms with E-state index in [9.17, 15) is 13.2 Å². The summed E-state index contributed by atoms with van der Waals surface area (Å²) < 4.78 is 28.7. The van der Waals surface area contributed by atoms with Crippen molar-refractivity contribution in [3.8, 4) is 0 Å². The third-order valence-corrected chi connectivity index (χ3v) is 7.83. The molecule has 0 atom stereocenters.